The molecule has 0 saturated carbocycles. The zero-order valence-electron chi connectivity index (χ0n) is 13.4. The second-order valence-corrected chi connectivity index (χ2v) is 5.67. The lowest BCUT2D eigenvalue weighted by Crippen LogP contribution is -2.35. The first-order valence-corrected chi connectivity index (χ1v) is 7.87. The summed E-state index contributed by atoms with van der Waals surface area (Å²) in [4.78, 5) is 11.7. The fourth-order valence-corrected chi connectivity index (χ4v) is 2.44. The topological polar surface area (TPSA) is 107 Å². The molecule has 1 amide bonds. The van der Waals surface area contributed by atoms with Crippen molar-refractivity contribution in [1.82, 2.24) is 15.5 Å². The maximum atomic E-state index is 11.7. The summed E-state index contributed by atoms with van der Waals surface area (Å²) in [7, 11) is 0. The number of nitrogens with one attached hydrogen (secondary N) is 2. The van der Waals surface area contributed by atoms with Crippen molar-refractivity contribution in [2.24, 2.45) is 0 Å². The normalized spacial score (nSPS) is 13.4. The second-order valence-electron chi connectivity index (χ2n) is 5.67. The Labute approximate surface area is 144 Å². The van der Waals surface area contributed by atoms with E-state index in [1.54, 1.807) is 24.4 Å². The number of ether oxygens (including phenoxy) is 1. The Bertz CT molecular complexity index is 834. The van der Waals surface area contributed by atoms with Crippen molar-refractivity contribution in [3.8, 4) is 0 Å². The van der Waals surface area contributed by atoms with E-state index >= 15 is 0 Å². The number of hydrogen-bond donors (Lipinski definition) is 4. The molecule has 25 heavy (non-hydrogen) atoms. The van der Waals surface area contributed by atoms with Crippen molar-refractivity contribution in [3.63, 3.8) is 0 Å². The van der Waals surface area contributed by atoms with Crippen LogP contribution in [0.15, 0.2) is 54.7 Å². The molecule has 0 aliphatic rings. The number of aromatic amines is 1. The molecule has 0 spiro atoms. The van der Waals surface area contributed by atoms with Gasteiger partial charge < -0.3 is 20.3 Å². The lowest BCUT2D eigenvalue weighted by molar-refractivity contribution is 0.0185. The van der Waals surface area contributed by atoms with Gasteiger partial charge in [0.1, 0.15) is 18.8 Å². The summed E-state index contributed by atoms with van der Waals surface area (Å²) in [6.45, 7) is 0.0146. The maximum absolute atomic E-state index is 11.7. The van der Waals surface area contributed by atoms with Crippen LogP contribution in [-0.2, 0) is 11.3 Å². The highest BCUT2D eigenvalue weighted by Crippen LogP contribution is 2.21. The third-order valence-electron chi connectivity index (χ3n) is 3.84. The van der Waals surface area contributed by atoms with Crippen LogP contribution in [0.25, 0.3) is 10.9 Å². The smallest absolute Gasteiger partial charge is 0.407 e. The minimum Gasteiger partial charge on any atom is -0.445 e. The third-order valence-corrected chi connectivity index (χ3v) is 3.84. The number of nitrogens with zero attached hydrogens (tertiary/aromatic N) is 1. The van der Waals surface area contributed by atoms with Gasteiger partial charge in [-0.15, -0.1) is 0 Å². The van der Waals surface area contributed by atoms with E-state index in [9.17, 15) is 15.0 Å². The van der Waals surface area contributed by atoms with Gasteiger partial charge in [-0.05, 0) is 23.3 Å². The van der Waals surface area contributed by atoms with Gasteiger partial charge in [-0.3, -0.25) is 5.10 Å². The van der Waals surface area contributed by atoms with Gasteiger partial charge in [0.25, 0.3) is 0 Å². The minimum absolute atomic E-state index is 0.127. The zero-order chi connectivity index (χ0) is 17.6. The molecule has 2 atom stereocenters. The van der Waals surface area contributed by atoms with E-state index in [-0.39, 0.29) is 13.2 Å². The van der Waals surface area contributed by atoms with Gasteiger partial charge in [-0.25, -0.2) is 4.79 Å². The van der Waals surface area contributed by atoms with Crippen LogP contribution in [0, 0.1) is 0 Å². The van der Waals surface area contributed by atoms with Crippen molar-refractivity contribution in [2.75, 3.05) is 6.54 Å². The van der Waals surface area contributed by atoms with Crippen LogP contribution in [-0.4, -0.2) is 39.2 Å². The van der Waals surface area contributed by atoms with Crippen LogP contribution in [0.5, 0.6) is 0 Å². The molecule has 1 aromatic heterocycles. The summed E-state index contributed by atoms with van der Waals surface area (Å²) in [6.07, 6.45) is -1.31. The SMILES string of the molecule is O=C(NCC(O)C(O)c1ccc2[nH]ncc2c1)OCc1ccccc1. The Morgan fingerprint density at radius 1 is 1.20 bits per heavy atom. The van der Waals surface area contributed by atoms with E-state index in [0.717, 1.165) is 16.5 Å². The number of aliphatic hydroxyl groups is 2. The summed E-state index contributed by atoms with van der Waals surface area (Å²) in [5.41, 5.74) is 2.25. The number of rotatable bonds is 6. The van der Waals surface area contributed by atoms with Gasteiger partial charge in [0.05, 0.1) is 11.7 Å². The number of alkyl carbamates (subject to hydrolysis) is 1. The van der Waals surface area contributed by atoms with Crippen LogP contribution in [0.2, 0.25) is 0 Å². The highest BCUT2D eigenvalue weighted by Gasteiger charge is 2.20. The van der Waals surface area contributed by atoms with E-state index in [2.05, 4.69) is 15.5 Å². The van der Waals surface area contributed by atoms with Crippen molar-refractivity contribution in [3.05, 3.63) is 65.9 Å². The summed E-state index contributed by atoms with van der Waals surface area (Å²) in [5.74, 6) is 0. The first-order valence-electron chi connectivity index (χ1n) is 7.87. The maximum Gasteiger partial charge on any atom is 0.407 e. The Hall–Kier alpha value is -2.90. The average molecular weight is 341 g/mol. The highest BCUT2D eigenvalue weighted by molar-refractivity contribution is 5.78. The average Bonchev–Trinajstić information content (AvgIpc) is 3.12. The van der Waals surface area contributed by atoms with Gasteiger partial charge in [0.2, 0.25) is 0 Å². The van der Waals surface area contributed by atoms with Gasteiger partial charge in [0.15, 0.2) is 0 Å². The number of carbonyl (C=O) groups is 1. The van der Waals surface area contributed by atoms with Crippen LogP contribution in [0.4, 0.5) is 4.79 Å². The molecule has 2 aromatic carbocycles. The number of benzene rings is 2. The molecule has 0 aliphatic heterocycles. The van der Waals surface area contributed by atoms with Gasteiger partial charge >= 0.3 is 6.09 Å². The minimum atomic E-state index is -1.16. The van der Waals surface area contributed by atoms with E-state index in [1.807, 2.05) is 30.3 Å². The molecule has 4 N–H and O–H groups in total. The predicted octanol–water partition coefficient (Wildman–Crippen LogP) is 1.88. The largest absolute Gasteiger partial charge is 0.445 e. The Kier molecular flexibility index (Phi) is 5.27. The Morgan fingerprint density at radius 2 is 2.00 bits per heavy atom. The summed E-state index contributed by atoms with van der Waals surface area (Å²) in [6, 6.07) is 14.5. The molecule has 130 valence electrons. The first-order chi connectivity index (χ1) is 12.1. The monoisotopic (exact) mass is 341 g/mol. The molecular weight excluding hydrogens is 322 g/mol. The molecule has 0 fully saturated rings. The highest BCUT2D eigenvalue weighted by atomic mass is 16.5. The van der Waals surface area contributed by atoms with Crippen molar-refractivity contribution in [1.29, 1.82) is 0 Å². The molecule has 7 heteroatoms. The van der Waals surface area contributed by atoms with Crippen LogP contribution in [0.3, 0.4) is 0 Å². The summed E-state index contributed by atoms with van der Waals surface area (Å²) < 4.78 is 5.06. The molecule has 1 heterocycles. The summed E-state index contributed by atoms with van der Waals surface area (Å²) in [5, 5.41) is 30.3. The van der Waals surface area contributed by atoms with E-state index in [0.29, 0.717) is 5.56 Å². The quantitative estimate of drug-likeness (QED) is 0.548. The zero-order valence-corrected chi connectivity index (χ0v) is 13.4. The second kappa shape index (κ2) is 7.78. The fourth-order valence-electron chi connectivity index (χ4n) is 2.44. The van der Waals surface area contributed by atoms with E-state index in [1.165, 1.54) is 0 Å². The van der Waals surface area contributed by atoms with Gasteiger partial charge in [-0.2, -0.15) is 5.10 Å². The number of aliphatic hydroxyl groups excluding tert-OH is 2. The molecule has 0 radical (unpaired) electrons. The molecule has 0 saturated heterocycles. The lowest BCUT2D eigenvalue weighted by atomic mass is 10.0. The Morgan fingerprint density at radius 3 is 2.80 bits per heavy atom. The first kappa shape index (κ1) is 16.9. The number of fused-ring (bicyclic) bond motifs is 1. The number of aromatic nitrogens is 2. The van der Waals surface area contributed by atoms with Gasteiger partial charge in [-0.1, -0.05) is 36.4 Å². The molecule has 0 bridgehead atoms. The van der Waals surface area contributed by atoms with Crippen molar-refractivity contribution >= 4 is 17.0 Å². The molecular formula is C18H19N3O4. The van der Waals surface area contributed by atoms with Crippen molar-refractivity contribution in [2.45, 2.75) is 18.8 Å². The molecule has 7 nitrogen and oxygen atoms in total. The fraction of sp³-hybridized carbons (Fsp3) is 0.222. The third kappa shape index (κ3) is 4.34. The summed E-state index contributed by atoms with van der Waals surface area (Å²) >= 11 is 0. The molecule has 2 unspecified atom stereocenters. The van der Waals surface area contributed by atoms with Crippen LogP contribution >= 0.6 is 0 Å². The van der Waals surface area contributed by atoms with E-state index in [4.69, 9.17) is 4.74 Å². The molecule has 3 aromatic rings. The van der Waals surface area contributed by atoms with Crippen molar-refractivity contribution < 1.29 is 19.7 Å². The molecule has 3 rings (SSSR count). The lowest BCUT2D eigenvalue weighted by Gasteiger charge is -2.18. The Balaban J connectivity index is 1.49. The van der Waals surface area contributed by atoms with Gasteiger partial charge in [0, 0.05) is 11.9 Å². The van der Waals surface area contributed by atoms with E-state index < -0.39 is 18.3 Å². The number of carbonyl (C=O) groups excluding carboxylic acids is 1. The van der Waals surface area contributed by atoms with Crippen LogP contribution < -0.4 is 5.32 Å². The standard InChI is InChI=1S/C18H19N3O4/c22-16(10-19-18(24)25-11-12-4-2-1-3-5-12)17(23)13-6-7-15-14(8-13)9-20-21-15/h1-9,16-17,22-23H,10-11H2,(H,19,24)(H,20,21). The number of amides is 1. The number of H-pyrrole nitrogens is 1. The molecule has 0 aliphatic carbocycles. The van der Waals surface area contributed by atoms with Crippen LogP contribution in [0.1, 0.15) is 17.2 Å². The predicted molar refractivity (Wildman–Crippen MR) is 91.7 cm³/mol. The number of hydrogen-bond acceptors (Lipinski definition) is 5.